The van der Waals surface area contributed by atoms with Gasteiger partial charge in [-0.15, -0.1) is 21.5 Å². The van der Waals surface area contributed by atoms with Crippen molar-refractivity contribution >= 4 is 22.9 Å². The fraction of sp³-hybridized carbons (Fsp3) is 0.111. The van der Waals surface area contributed by atoms with E-state index in [1.165, 1.54) is 16.4 Å². The van der Waals surface area contributed by atoms with Crippen molar-refractivity contribution in [2.45, 2.75) is 13.5 Å². The molecule has 1 amide bonds. The van der Waals surface area contributed by atoms with Crippen molar-refractivity contribution in [3.63, 3.8) is 0 Å². The minimum absolute atomic E-state index is 0.225. The number of hydrogen-bond donors (Lipinski definition) is 1. The third-order valence-electron chi connectivity index (χ3n) is 3.87. The molecule has 0 unspecified atom stereocenters. The Kier molecular flexibility index (Phi) is 3.99. The van der Waals surface area contributed by atoms with Crippen molar-refractivity contribution < 1.29 is 4.79 Å². The number of aromatic nitrogens is 4. The smallest absolute Gasteiger partial charge is 0.272 e. The van der Waals surface area contributed by atoms with E-state index in [-0.39, 0.29) is 5.91 Å². The van der Waals surface area contributed by atoms with Gasteiger partial charge in [-0.25, -0.2) is 0 Å². The molecule has 0 aliphatic carbocycles. The summed E-state index contributed by atoms with van der Waals surface area (Å²) in [5, 5.41) is 17.2. The van der Waals surface area contributed by atoms with E-state index in [1.807, 2.05) is 48.7 Å². The fourth-order valence-corrected chi connectivity index (χ4v) is 3.20. The van der Waals surface area contributed by atoms with Crippen molar-refractivity contribution in [1.29, 1.82) is 0 Å². The molecule has 3 aromatic heterocycles. The predicted octanol–water partition coefficient (Wildman–Crippen LogP) is 3.09. The van der Waals surface area contributed by atoms with Gasteiger partial charge in [0.15, 0.2) is 5.65 Å². The van der Waals surface area contributed by atoms with Gasteiger partial charge in [0, 0.05) is 10.4 Å². The number of hydrogen-bond acceptors (Lipinski definition) is 5. The van der Waals surface area contributed by atoms with E-state index in [0.717, 1.165) is 16.0 Å². The van der Waals surface area contributed by atoms with E-state index >= 15 is 0 Å². The number of rotatable bonds is 4. The number of carbonyl (C=O) groups is 1. The summed E-state index contributed by atoms with van der Waals surface area (Å²) in [5.41, 5.74) is 3.93. The third-order valence-corrected chi connectivity index (χ3v) is 4.74. The zero-order valence-corrected chi connectivity index (χ0v) is 14.3. The molecule has 0 aliphatic rings. The Morgan fingerprint density at radius 1 is 1.24 bits per heavy atom. The molecule has 7 heteroatoms. The largest absolute Gasteiger partial charge is 0.346 e. The van der Waals surface area contributed by atoms with Crippen LogP contribution in [0.2, 0.25) is 0 Å². The summed E-state index contributed by atoms with van der Waals surface area (Å²) in [6.45, 7) is 2.52. The third kappa shape index (κ3) is 3.14. The van der Waals surface area contributed by atoms with E-state index < -0.39 is 0 Å². The summed E-state index contributed by atoms with van der Waals surface area (Å²) in [7, 11) is 0. The van der Waals surface area contributed by atoms with Crippen LogP contribution in [0.5, 0.6) is 0 Å². The zero-order valence-electron chi connectivity index (χ0n) is 13.5. The van der Waals surface area contributed by atoms with E-state index in [9.17, 15) is 4.79 Å². The Bertz CT molecular complexity index is 1020. The van der Waals surface area contributed by atoms with Crippen LogP contribution in [0.15, 0.2) is 54.2 Å². The van der Waals surface area contributed by atoms with Crippen LogP contribution in [-0.4, -0.2) is 25.7 Å². The van der Waals surface area contributed by atoms with Crippen LogP contribution in [0.25, 0.3) is 16.8 Å². The highest BCUT2D eigenvalue weighted by molar-refractivity contribution is 7.09. The summed E-state index contributed by atoms with van der Waals surface area (Å²) in [4.78, 5) is 13.6. The average molecular weight is 349 g/mol. The van der Waals surface area contributed by atoms with Crippen LogP contribution < -0.4 is 5.32 Å². The van der Waals surface area contributed by atoms with Crippen LogP contribution in [0, 0.1) is 6.92 Å². The molecular formula is C18H15N5OS. The second-order valence-corrected chi connectivity index (χ2v) is 6.70. The highest BCUT2D eigenvalue weighted by atomic mass is 32.1. The van der Waals surface area contributed by atoms with Gasteiger partial charge in [0.1, 0.15) is 12.0 Å². The quantitative estimate of drug-likeness (QED) is 0.614. The number of fused-ring (bicyclic) bond motifs is 1. The first kappa shape index (κ1) is 15.5. The van der Waals surface area contributed by atoms with E-state index in [0.29, 0.717) is 17.9 Å². The monoisotopic (exact) mass is 349 g/mol. The van der Waals surface area contributed by atoms with Gasteiger partial charge >= 0.3 is 0 Å². The SMILES string of the molecule is Cc1ccc(-c2cc(C(=O)NCc3cccs3)nn3cnnc23)cc1. The van der Waals surface area contributed by atoms with Gasteiger partial charge in [0.25, 0.3) is 5.91 Å². The Labute approximate surface area is 148 Å². The molecule has 3 heterocycles. The first-order chi connectivity index (χ1) is 12.2. The molecule has 4 rings (SSSR count). The van der Waals surface area contributed by atoms with Crippen LogP contribution in [0.3, 0.4) is 0 Å². The number of nitrogens with one attached hydrogen (secondary N) is 1. The Hall–Kier alpha value is -3.06. The number of carbonyl (C=O) groups excluding carboxylic acids is 1. The van der Waals surface area contributed by atoms with E-state index in [4.69, 9.17) is 0 Å². The molecule has 1 aromatic carbocycles. The first-order valence-electron chi connectivity index (χ1n) is 7.79. The molecule has 0 atom stereocenters. The second kappa shape index (κ2) is 6.45. The van der Waals surface area contributed by atoms with Crippen LogP contribution in [-0.2, 0) is 6.54 Å². The zero-order chi connectivity index (χ0) is 17.2. The Morgan fingerprint density at radius 3 is 2.84 bits per heavy atom. The molecule has 4 aromatic rings. The Balaban J connectivity index is 1.70. The van der Waals surface area contributed by atoms with Crippen LogP contribution in [0.1, 0.15) is 20.9 Å². The standard InChI is InChI=1S/C18H15N5OS/c1-12-4-6-13(7-5-12)15-9-16(22-23-11-20-21-17(15)23)18(24)19-10-14-3-2-8-25-14/h2-9,11H,10H2,1H3,(H,19,24). The van der Waals surface area contributed by atoms with Gasteiger partial charge in [0.2, 0.25) is 0 Å². The normalized spacial score (nSPS) is 10.9. The van der Waals surface area contributed by atoms with Crippen molar-refractivity contribution in [3.05, 3.63) is 70.3 Å². The molecule has 6 nitrogen and oxygen atoms in total. The van der Waals surface area contributed by atoms with Crippen LogP contribution >= 0.6 is 11.3 Å². The van der Waals surface area contributed by atoms with Crippen LogP contribution in [0.4, 0.5) is 0 Å². The minimum atomic E-state index is -0.225. The van der Waals surface area contributed by atoms with Gasteiger partial charge in [-0.1, -0.05) is 35.9 Å². The predicted molar refractivity (Wildman–Crippen MR) is 96.4 cm³/mol. The fourth-order valence-electron chi connectivity index (χ4n) is 2.55. The van der Waals surface area contributed by atoms with E-state index in [1.54, 1.807) is 17.4 Å². The lowest BCUT2D eigenvalue weighted by atomic mass is 10.0. The molecule has 0 saturated heterocycles. The number of thiophene rings is 1. The molecule has 0 bridgehead atoms. The van der Waals surface area contributed by atoms with Crippen molar-refractivity contribution in [3.8, 4) is 11.1 Å². The van der Waals surface area contributed by atoms with Crippen molar-refractivity contribution in [2.75, 3.05) is 0 Å². The summed E-state index contributed by atoms with van der Waals surface area (Å²) in [6.07, 6.45) is 1.50. The highest BCUT2D eigenvalue weighted by Gasteiger charge is 2.15. The first-order valence-corrected chi connectivity index (χ1v) is 8.67. The lowest BCUT2D eigenvalue weighted by Gasteiger charge is -2.08. The maximum Gasteiger partial charge on any atom is 0.272 e. The highest BCUT2D eigenvalue weighted by Crippen LogP contribution is 2.24. The summed E-state index contributed by atoms with van der Waals surface area (Å²) in [6, 6.07) is 13.8. The molecule has 0 radical (unpaired) electrons. The molecule has 0 spiro atoms. The molecule has 0 aliphatic heterocycles. The molecule has 124 valence electrons. The number of amides is 1. The van der Waals surface area contributed by atoms with Gasteiger partial charge in [-0.2, -0.15) is 9.61 Å². The maximum atomic E-state index is 12.5. The number of nitrogens with zero attached hydrogens (tertiary/aromatic N) is 4. The minimum Gasteiger partial charge on any atom is -0.346 e. The number of benzene rings is 1. The van der Waals surface area contributed by atoms with Gasteiger partial charge in [0.05, 0.1) is 6.54 Å². The van der Waals surface area contributed by atoms with Gasteiger partial charge in [-0.05, 0) is 30.0 Å². The molecule has 1 N–H and O–H groups in total. The molecule has 0 fully saturated rings. The average Bonchev–Trinajstić information content (AvgIpc) is 3.31. The van der Waals surface area contributed by atoms with E-state index in [2.05, 4.69) is 20.6 Å². The maximum absolute atomic E-state index is 12.5. The molecule has 0 saturated carbocycles. The summed E-state index contributed by atoms with van der Waals surface area (Å²) < 4.78 is 1.54. The Morgan fingerprint density at radius 2 is 2.08 bits per heavy atom. The van der Waals surface area contributed by atoms with Crippen molar-refractivity contribution in [2.24, 2.45) is 0 Å². The summed E-state index contributed by atoms with van der Waals surface area (Å²) >= 11 is 1.61. The van der Waals surface area contributed by atoms with Crippen molar-refractivity contribution in [1.82, 2.24) is 25.1 Å². The lowest BCUT2D eigenvalue weighted by molar-refractivity contribution is 0.0945. The number of aryl methyl sites for hydroxylation is 1. The summed E-state index contributed by atoms with van der Waals surface area (Å²) in [5.74, 6) is -0.225. The topological polar surface area (TPSA) is 72.2 Å². The second-order valence-electron chi connectivity index (χ2n) is 5.67. The molecular weight excluding hydrogens is 334 g/mol. The lowest BCUT2D eigenvalue weighted by Crippen LogP contribution is -2.24. The molecule has 25 heavy (non-hydrogen) atoms. The van der Waals surface area contributed by atoms with Gasteiger partial charge < -0.3 is 5.32 Å². The van der Waals surface area contributed by atoms with Gasteiger partial charge in [-0.3, -0.25) is 4.79 Å².